The first-order valence-electron chi connectivity index (χ1n) is 6.32. The smallest absolute Gasteiger partial charge is 0.157 e. The SMILES string of the molecule is CC(C)n1cc(OCCNc2ccccc2F)cn1. The van der Waals surface area contributed by atoms with Crippen molar-refractivity contribution in [2.24, 2.45) is 0 Å². The Morgan fingerprint density at radius 1 is 1.37 bits per heavy atom. The Balaban J connectivity index is 1.76. The van der Waals surface area contributed by atoms with Crippen molar-refractivity contribution in [3.05, 3.63) is 42.5 Å². The monoisotopic (exact) mass is 263 g/mol. The lowest BCUT2D eigenvalue weighted by Gasteiger charge is -2.08. The maximum Gasteiger partial charge on any atom is 0.157 e. The minimum atomic E-state index is -0.255. The van der Waals surface area contributed by atoms with Gasteiger partial charge in [-0.15, -0.1) is 0 Å². The van der Waals surface area contributed by atoms with Crippen LogP contribution in [0.1, 0.15) is 19.9 Å². The van der Waals surface area contributed by atoms with Gasteiger partial charge in [0.1, 0.15) is 12.4 Å². The highest BCUT2D eigenvalue weighted by atomic mass is 19.1. The van der Waals surface area contributed by atoms with Crippen LogP contribution in [-0.2, 0) is 0 Å². The Bertz CT molecular complexity index is 525. The van der Waals surface area contributed by atoms with Crippen molar-refractivity contribution < 1.29 is 9.13 Å². The van der Waals surface area contributed by atoms with E-state index in [4.69, 9.17) is 4.74 Å². The fraction of sp³-hybridized carbons (Fsp3) is 0.357. The van der Waals surface area contributed by atoms with Gasteiger partial charge in [0.25, 0.3) is 0 Å². The maximum absolute atomic E-state index is 13.3. The first-order chi connectivity index (χ1) is 9.16. The molecule has 0 aliphatic heterocycles. The first-order valence-corrected chi connectivity index (χ1v) is 6.32. The van der Waals surface area contributed by atoms with Gasteiger partial charge in [0.15, 0.2) is 5.75 Å². The summed E-state index contributed by atoms with van der Waals surface area (Å²) in [6.07, 6.45) is 3.54. The van der Waals surface area contributed by atoms with Gasteiger partial charge in [-0.05, 0) is 26.0 Å². The van der Waals surface area contributed by atoms with Crippen molar-refractivity contribution >= 4 is 5.69 Å². The second-order valence-electron chi connectivity index (χ2n) is 4.50. The number of benzene rings is 1. The van der Waals surface area contributed by atoms with Crippen LogP contribution in [0.4, 0.5) is 10.1 Å². The van der Waals surface area contributed by atoms with Crippen LogP contribution in [0, 0.1) is 5.82 Å². The quantitative estimate of drug-likeness (QED) is 0.814. The molecule has 0 bridgehead atoms. The summed E-state index contributed by atoms with van der Waals surface area (Å²) in [5, 5.41) is 7.16. The Labute approximate surface area is 112 Å². The number of nitrogens with zero attached hydrogens (tertiary/aromatic N) is 2. The summed E-state index contributed by atoms with van der Waals surface area (Å²) in [7, 11) is 0. The molecule has 0 atom stereocenters. The van der Waals surface area contributed by atoms with Crippen LogP contribution in [0.5, 0.6) is 5.75 Å². The highest BCUT2D eigenvalue weighted by Crippen LogP contribution is 2.13. The van der Waals surface area contributed by atoms with E-state index in [2.05, 4.69) is 24.3 Å². The molecular weight excluding hydrogens is 245 g/mol. The molecule has 0 radical (unpaired) electrons. The largest absolute Gasteiger partial charge is 0.488 e. The number of ether oxygens (including phenoxy) is 1. The van der Waals surface area contributed by atoms with Crippen molar-refractivity contribution in [3.63, 3.8) is 0 Å². The summed E-state index contributed by atoms with van der Waals surface area (Å²) in [4.78, 5) is 0. The number of hydrogen-bond acceptors (Lipinski definition) is 3. The van der Waals surface area contributed by atoms with Crippen LogP contribution in [0.2, 0.25) is 0 Å². The molecule has 1 N–H and O–H groups in total. The molecular formula is C14H18FN3O. The summed E-state index contributed by atoms with van der Waals surface area (Å²) in [6, 6.07) is 6.90. The van der Waals surface area contributed by atoms with Gasteiger partial charge in [-0.1, -0.05) is 12.1 Å². The van der Waals surface area contributed by atoms with E-state index in [1.807, 2.05) is 10.9 Å². The Morgan fingerprint density at radius 2 is 2.16 bits per heavy atom. The average molecular weight is 263 g/mol. The number of anilines is 1. The van der Waals surface area contributed by atoms with Gasteiger partial charge in [-0.3, -0.25) is 4.68 Å². The van der Waals surface area contributed by atoms with Gasteiger partial charge in [0.05, 0.1) is 18.1 Å². The third-order valence-corrected chi connectivity index (χ3v) is 2.67. The number of nitrogens with one attached hydrogen (secondary N) is 1. The van der Waals surface area contributed by atoms with Crippen LogP contribution in [0.15, 0.2) is 36.7 Å². The van der Waals surface area contributed by atoms with Gasteiger partial charge in [0.2, 0.25) is 0 Å². The van der Waals surface area contributed by atoms with Gasteiger partial charge < -0.3 is 10.1 Å². The van der Waals surface area contributed by atoms with E-state index in [0.29, 0.717) is 24.9 Å². The van der Waals surface area contributed by atoms with Crippen LogP contribution < -0.4 is 10.1 Å². The average Bonchev–Trinajstić information content (AvgIpc) is 2.85. The van der Waals surface area contributed by atoms with Crippen LogP contribution >= 0.6 is 0 Å². The molecule has 0 aliphatic carbocycles. The molecule has 0 amide bonds. The molecule has 0 spiro atoms. The molecule has 1 aromatic carbocycles. The van der Waals surface area contributed by atoms with E-state index >= 15 is 0 Å². The second kappa shape index (κ2) is 6.22. The number of hydrogen-bond donors (Lipinski definition) is 1. The van der Waals surface area contributed by atoms with E-state index in [-0.39, 0.29) is 5.82 Å². The highest BCUT2D eigenvalue weighted by Gasteiger charge is 2.03. The molecule has 1 heterocycles. The minimum absolute atomic E-state index is 0.255. The summed E-state index contributed by atoms with van der Waals surface area (Å²) in [6.45, 7) is 5.10. The number of rotatable bonds is 6. The fourth-order valence-corrected chi connectivity index (χ4v) is 1.64. The molecule has 5 heteroatoms. The number of halogens is 1. The second-order valence-corrected chi connectivity index (χ2v) is 4.50. The Hall–Kier alpha value is -2.04. The normalized spacial score (nSPS) is 10.7. The number of para-hydroxylation sites is 1. The van der Waals surface area contributed by atoms with E-state index in [9.17, 15) is 4.39 Å². The summed E-state index contributed by atoms with van der Waals surface area (Å²) >= 11 is 0. The van der Waals surface area contributed by atoms with Gasteiger partial charge in [-0.25, -0.2) is 4.39 Å². The van der Waals surface area contributed by atoms with Crippen molar-refractivity contribution in [2.75, 3.05) is 18.5 Å². The molecule has 2 rings (SSSR count). The summed E-state index contributed by atoms with van der Waals surface area (Å²) < 4.78 is 20.7. The minimum Gasteiger partial charge on any atom is -0.488 e. The first kappa shape index (κ1) is 13.4. The van der Waals surface area contributed by atoms with Crippen LogP contribution in [0.25, 0.3) is 0 Å². The molecule has 0 fully saturated rings. The summed E-state index contributed by atoms with van der Waals surface area (Å²) in [5.41, 5.74) is 0.490. The lowest BCUT2D eigenvalue weighted by molar-refractivity contribution is 0.331. The molecule has 1 aromatic heterocycles. The molecule has 0 saturated heterocycles. The summed E-state index contributed by atoms with van der Waals surface area (Å²) in [5.74, 6) is 0.471. The molecule has 0 saturated carbocycles. The maximum atomic E-state index is 13.3. The molecule has 0 aliphatic rings. The standard InChI is InChI=1S/C14H18FN3O/c1-11(2)18-10-12(9-17-18)19-8-7-16-14-6-4-3-5-13(14)15/h3-6,9-11,16H,7-8H2,1-2H3. The van der Waals surface area contributed by atoms with E-state index in [0.717, 1.165) is 5.75 Å². The topological polar surface area (TPSA) is 39.1 Å². The third-order valence-electron chi connectivity index (χ3n) is 2.67. The van der Waals surface area contributed by atoms with Gasteiger partial charge in [-0.2, -0.15) is 5.10 Å². The third kappa shape index (κ3) is 3.71. The van der Waals surface area contributed by atoms with Crippen molar-refractivity contribution in [3.8, 4) is 5.75 Å². The molecule has 0 unspecified atom stereocenters. The van der Waals surface area contributed by atoms with E-state index < -0.39 is 0 Å². The molecule has 2 aromatic rings. The van der Waals surface area contributed by atoms with E-state index in [1.54, 1.807) is 24.4 Å². The Kier molecular flexibility index (Phi) is 4.39. The number of aromatic nitrogens is 2. The van der Waals surface area contributed by atoms with Crippen LogP contribution in [0.3, 0.4) is 0 Å². The lowest BCUT2D eigenvalue weighted by Crippen LogP contribution is -2.12. The fourth-order valence-electron chi connectivity index (χ4n) is 1.64. The predicted molar refractivity (Wildman–Crippen MR) is 73.0 cm³/mol. The van der Waals surface area contributed by atoms with Crippen molar-refractivity contribution in [2.45, 2.75) is 19.9 Å². The van der Waals surface area contributed by atoms with E-state index in [1.165, 1.54) is 6.07 Å². The zero-order chi connectivity index (χ0) is 13.7. The molecule has 4 nitrogen and oxygen atoms in total. The zero-order valence-corrected chi connectivity index (χ0v) is 11.1. The Morgan fingerprint density at radius 3 is 2.84 bits per heavy atom. The van der Waals surface area contributed by atoms with Gasteiger partial charge >= 0.3 is 0 Å². The van der Waals surface area contributed by atoms with Crippen molar-refractivity contribution in [1.82, 2.24) is 9.78 Å². The van der Waals surface area contributed by atoms with Gasteiger partial charge in [0, 0.05) is 12.6 Å². The predicted octanol–water partition coefficient (Wildman–Crippen LogP) is 3.09. The molecule has 102 valence electrons. The lowest BCUT2D eigenvalue weighted by atomic mass is 10.3. The zero-order valence-electron chi connectivity index (χ0n) is 11.1. The van der Waals surface area contributed by atoms with Crippen LogP contribution in [-0.4, -0.2) is 22.9 Å². The van der Waals surface area contributed by atoms with Crippen molar-refractivity contribution in [1.29, 1.82) is 0 Å². The molecule has 19 heavy (non-hydrogen) atoms. The highest BCUT2D eigenvalue weighted by molar-refractivity contribution is 5.44.